The highest BCUT2D eigenvalue weighted by Gasteiger charge is 2.15. The fourth-order valence-electron chi connectivity index (χ4n) is 3.19. The van der Waals surface area contributed by atoms with Crippen LogP contribution in [0.4, 0.5) is 11.4 Å². The number of hydrogen-bond acceptors (Lipinski definition) is 7. The van der Waals surface area contributed by atoms with Crippen molar-refractivity contribution >= 4 is 29.0 Å². The molecule has 168 valence electrons. The van der Waals surface area contributed by atoms with E-state index < -0.39 is 4.92 Å². The van der Waals surface area contributed by atoms with Crippen LogP contribution in [-0.2, 0) is 17.9 Å². The first-order valence-corrected chi connectivity index (χ1v) is 11.1. The lowest BCUT2D eigenvalue weighted by molar-refractivity contribution is -0.384. The molecule has 0 spiro atoms. The summed E-state index contributed by atoms with van der Waals surface area (Å²) in [5.74, 6) is 1.26. The van der Waals surface area contributed by atoms with E-state index in [9.17, 15) is 14.9 Å². The molecule has 9 nitrogen and oxygen atoms in total. The highest BCUT2D eigenvalue weighted by molar-refractivity contribution is 7.99. The van der Waals surface area contributed by atoms with Gasteiger partial charge in [-0.1, -0.05) is 23.9 Å². The number of carbonyl (C=O) groups is 1. The van der Waals surface area contributed by atoms with Crippen molar-refractivity contribution in [2.75, 3.05) is 11.1 Å². The van der Waals surface area contributed by atoms with Gasteiger partial charge in [0.05, 0.1) is 16.4 Å². The van der Waals surface area contributed by atoms with Crippen LogP contribution in [0.2, 0.25) is 0 Å². The third-order valence-corrected chi connectivity index (χ3v) is 5.68. The minimum Gasteiger partial charge on any atom is -0.486 e. The average Bonchev–Trinajstić information content (AvgIpc) is 3.13. The van der Waals surface area contributed by atoms with Crippen LogP contribution in [0.25, 0.3) is 0 Å². The first-order valence-electron chi connectivity index (χ1n) is 10.1. The van der Waals surface area contributed by atoms with Crippen molar-refractivity contribution in [2.24, 2.45) is 0 Å². The average molecular weight is 456 g/mol. The number of non-ortho nitro benzene ring substituents is 1. The molecule has 0 radical (unpaired) electrons. The van der Waals surface area contributed by atoms with Crippen LogP contribution < -0.4 is 10.1 Å². The Morgan fingerprint density at radius 2 is 1.88 bits per heavy atom. The molecule has 0 bridgehead atoms. The third-order valence-electron chi connectivity index (χ3n) is 4.71. The first kappa shape index (κ1) is 23.3. The monoisotopic (exact) mass is 455 g/mol. The molecule has 2 aromatic carbocycles. The molecule has 0 aliphatic rings. The van der Waals surface area contributed by atoms with E-state index in [0.717, 1.165) is 22.4 Å². The number of thioether (sulfide) groups is 1. The van der Waals surface area contributed by atoms with Crippen LogP contribution in [0.3, 0.4) is 0 Å². The second-order valence-corrected chi connectivity index (χ2v) is 8.29. The molecule has 0 unspecified atom stereocenters. The topological polar surface area (TPSA) is 112 Å². The number of rotatable bonds is 9. The molecule has 1 N–H and O–H groups in total. The number of hydrogen-bond donors (Lipinski definition) is 1. The molecule has 1 amide bonds. The number of nitro benzene ring substituents is 1. The van der Waals surface area contributed by atoms with Crippen molar-refractivity contribution in [3.05, 3.63) is 69.0 Å². The minimum absolute atomic E-state index is 0.0716. The maximum absolute atomic E-state index is 12.4. The molecule has 0 saturated carbocycles. The van der Waals surface area contributed by atoms with Crippen molar-refractivity contribution < 1.29 is 14.5 Å². The molecule has 0 saturated heterocycles. The second kappa shape index (κ2) is 10.3. The van der Waals surface area contributed by atoms with Gasteiger partial charge in [0, 0.05) is 18.7 Å². The fraction of sp³-hybridized carbons (Fsp3) is 0.318. The van der Waals surface area contributed by atoms with Gasteiger partial charge in [-0.25, -0.2) is 0 Å². The van der Waals surface area contributed by atoms with Crippen LogP contribution in [0.5, 0.6) is 5.75 Å². The van der Waals surface area contributed by atoms with E-state index in [2.05, 4.69) is 21.6 Å². The zero-order valence-electron chi connectivity index (χ0n) is 18.4. The number of ether oxygens (including phenoxy) is 1. The number of aromatic nitrogens is 3. The Bertz CT molecular complexity index is 1130. The molecule has 0 fully saturated rings. The van der Waals surface area contributed by atoms with Gasteiger partial charge in [-0.2, -0.15) is 0 Å². The number of nitro groups is 1. The third kappa shape index (κ3) is 5.85. The Morgan fingerprint density at radius 3 is 2.53 bits per heavy atom. The molecule has 0 aliphatic heterocycles. The van der Waals surface area contributed by atoms with Gasteiger partial charge < -0.3 is 14.6 Å². The van der Waals surface area contributed by atoms with Gasteiger partial charge in [-0.15, -0.1) is 10.2 Å². The van der Waals surface area contributed by atoms with Gasteiger partial charge in [0.1, 0.15) is 12.4 Å². The Kier molecular flexibility index (Phi) is 7.47. The molecule has 0 aliphatic carbocycles. The predicted octanol–water partition coefficient (Wildman–Crippen LogP) is 4.44. The molecule has 1 heterocycles. The van der Waals surface area contributed by atoms with Crippen molar-refractivity contribution in [1.82, 2.24) is 14.8 Å². The van der Waals surface area contributed by atoms with Gasteiger partial charge in [0.2, 0.25) is 5.91 Å². The van der Waals surface area contributed by atoms with Crippen LogP contribution >= 0.6 is 11.8 Å². The van der Waals surface area contributed by atoms with Gasteiger partial charge in [0.15, 0.2) is 11.0 Å². The zero-order valence-corrected chi connectivity index (χ0v) is 19.2. The summed E-state index contributed by atoms with van der Waals surface area (Å²) >= 11 is 1.25. The van der Waals surface area contributed by atoms with E-state index >= 15 is 0 Å². The molecule has 3 rings (SSSR count). The van der Waals surface area contributed by atoms with Crippen molar-refractivity contribution in [2.45, 2.75) is 46.0 Å². The fourth-order valence-corrected chi connectivity index (χ4v) is 4.01. The summed E-state index contributed by atoms with van der Waals surface area (Å²) in [6.45, 7) is 8.69. The molecular formula is C22H25N5O4S. The summed E-state index contributed by atoms with van der Waals surface area (Å²) in [6.07, 6.45) is 0. The maximum atomic E-state index is 12.4. The van der Waals surface area contributed by atoms with E-state index in [1.165, 1.54) is 23.9 Å². The predicted molar refractivity (Wildman–Crippen MR) is 123 cm³/mol. The number of nitrogens with zero attached hydrogens (tertiary/aromatic N) is 4. The molecule has 32 heavy (non-hydrogen) atoms. The van der Waals surface area contributed by atoms with Crippen LogP contribution in [0.15, 0.2) is 41.6 Å². The lowest BCUT2D eigenvalue weighted by Crippen LogP contribution is -2.15. The van der Waals surface area contributed by atoms with Crippen LogP contribution in [-0.4, -0.2) is 31.3 Å². The Balaban J connectivity index is 1.62. The van der Waals surface area contributed by atoms with E-state index in [1.807, 2.05) is 37.5 Å². The molecule has 10 heteroatoms. The lowest BCUT2D eigenvalue weighted by atomic mass is 10.1. The molecule has 0 atom stereocenters. The Morgan fingerprint density at radius 1 is 1.16 bits per heavy atom. The highest BCUT2D eigenvalue weighted by Crippen LogP contribution is 2.24. The van der Waals surface area contributed by atoms with E-state index in [4.69, 9.17) is 4.74 Å². The van der Waals surface area contributed by atoms with Crippen LogP contribution in [0.1, 0.15) is 29.4 Å². The number of aryl methyl sites for hydroxylation is 3. The first-order chi connectivity index (χ1) is 15.3. The van der Waals surface area contributed by atoms with E-state index in [0.29, 0.717) is 23.2 Å². The Hall–Kier alpha value is -3.40. The van der Waals surface area contributed by atoms with Gasteiger partial charge in [-0.3, -0.25) is 14.9 Å². The molecule has 1 aromatic heterocycles. The second-order valence-electron chi connectivity index (χ2n) is 7.35. The Labute approximate surface area is 190 Å². The number of benzene rings is 2. The maximum Gasteiger partial charge on any atom is 0.271 e. The normalized spacial score (nSPS) is 10.8. The smallest absolute Gasteiger partial charge is 0.271 e. The molecular weight excluding hydrogens is 430 g/mol. The highest BCUT2D eigenvalue weighted by atomic mass is 32.2. The van der Waals surface area contributed by atoms with E-state index in [1.54, 1.807) is 13.0 Å². The summed E-state index contributed by atoms with van der Waals surface area (Å²) in [4.78, 5) is 22.9. The summed E-state index contributed by atoms with van der Waals surface area (Å²) < 4.78 is 7.79. The number of nitrogens with one attached hydrogen (secondary N) is 1. The number of amides is 1. The zero-order chi connectivity index (χ0) is 23.3. The van der Waals surface area contributed by atoms with Gasteiger partial charge in [-0.05, 0) is 56.5 Å². The summed E-state index contributed by atoms with van der Waals surface area (Å²) in [5.41, 5.74) is 3.34. The largest absolute Gasteiger partial charge is 0.486 e. The SMILES string of the molecule is CCn1c(COc2cc(C)cc(C)c2)nnc1SCC(=O)Nc1cc([N+](=O)[O-])ccc1C. The number of carbonyl (C=O) groups excluding carboxylic acids is 1. The molecule has 3 aromatic rings. The minimum atomic E-state index is -0.491. The summed E-state index contributed by atoms with van der Waals surface area (Å²) in [5, 5.41) is 22.7. The van der Waals surface area contributed by atoms with Gasteiger partial charge >= 0.3 is 0 Å². The van der Waals surface area contributed by atoms with E-state index in [-0.39, 0.29) is 24.0 Å². The van der Waals surface area contributed by atoms with Crippen molar-refractivity contribution in [3.63, 3.8) is 0 Å². The van der Waals surface area contributed by atoms with Crippen LogP contribution in [0, 0.1) is 30.9 Å². The van der Waals surface area contributed by atoms with Gasteiger partial charge in [0.25, 0.3) is 5.69 Å². The summed E-state index contributed by atoms with van der Waals surface area (Å²) in [6, 6.07) is 10.4. The summed E-state index contributed by atoms with van der Waals surface area (Å²) in [7, 11) is 0. The lowest BCUT2D eigenvalue weighted by Gasteiger charge is -2.10. The standard InChI is InChI=1S/C22H25N5O4S/c1-5-26-20(12-31-18-9-14(2)8-15(3)10-18)24-25-22(26)32-13-21(28)23-19-11-17(27(29)30)7-6-16(19)4/h6-11H,5,12-13H2,1-4H3,(H,23,28). The quantitative estimate of drug-likeness (QED) is 0.288. The number of anilines is 1. The van der Waals surface area contributed by atoms with Crippen molar-refractivity contribution in [3.8, 4) is 5.75 Å². The van der Waals surface area contributed by atoms with Crippen molar-refractivity contribution in [1.29, 1.82) is 0 Å².